The summed E-state index contributed by atoms with van der Waals surface area (Å²) < 4.78 is 1.31. The lowest BCUT2D eigenvalue weighted by atomic mass is 10.2. The third-order valence-corrected chi connectivity index (χ3v) is 2.01. The van der Waals surface area contributed by atoms with Gasteiger partial charge in [-0.25, -0.2) is 0 Å². The van der Waals surface area contributed by atoms with E-state index in [0.29, 0.717) is 0 Å². The molecule has 0 aliphatic carbocycles. The Morgan fingerprint density at radius 2 is 2.40 bits per heavy atom. The number of carboxylic acid groups (broad SMARTS) is 1. The molecule has 1 N–H and O–H groups in total. The highest BCUT2D eigenvalue weighted by Gasteiger charge is 2.19. The summed E-state index contributed by atoms with van der Waals surface area (Å²) in [6.45, 7) is 3.16. The van der Waals surface area contributed by atoms with Crippen LogP contribution in [0.5, 0.6) is 0 Å². The molecule has 7 nitrogen and oxygen atoms in total. The fraction of sp³-hybridized carbons (Fsp3) is 0.500. The van der Waals surface area contributed by atoms with E-state index in [-0.39, 0.29) is 17.8 Å². The fourth-order valence-corrected chi connectivity index (χ4v) is 1.22. The van der Waals surface area contributed by atoms with Crippen molar-refractivity contribution in [3.05, 3.63) is 22.0 Å². The standard InChI is InChI=1S/C8H11N3O4/c1-5(3-8(12)13)10-4-7(11(14)15)6(2)9-10/h4-5H,3H2,1-2H3,(H,12,13)/t5-/m0/s1. The van der Waals surface area contributed by atoms with E-state index in [1.807, 2.05) is 0 Å². The molecule has 0 spiro atoms. The molecule has 0 bridgehead atoms. The second-order valence-electron chi connectivity index (χ2n) is 3.28. The number of hydrogen-bond donors (Lipinski definition) is 1. The lowest BCUT2D eigenvalue weighted by molar-refractivity contribution is -0.385. The number of nitrogens with zero attached hydrogens (tertiary/aromatic N) is 3. The summed E-state index contributed by atoms with van der Waals surface area (Å²) in [5.74, 6) is -0.960. The summed E-state index contributed by atoms with van der Waals surface area (Å²) >= 11 is 0. The van der Waals surface area contributed by atoms with Crippen LogP contribution in [0.3, 0.4) is 0 Å². The largest absolute Gasteiger partial charge is 0.481 e. The van der Waals surface area contributed by atoms with E-state index in [9.17, 15) is 14.9 Å². The number of aliphatic carboxylic acids is 1. The summed E-state index contributed by atoms with van der Waals surface area (Å²) in [4.78, 5) is 20.4. The van der Waals surface area contributed by atoms with Gasteiger partial charge in [0.1, 0.15) is 11.9 Å². The first-order chi connectivity index (χ1) is 6.91. The Balaban J connectivity index is 2.91. The Hall–Kier alpha value is -1.92. The minimum Gasteiger partial charge on any atom is -0.481 e. The molecule has 1 aromatic rings. The van der Waals surface area contributed by atoms with Crippen molar-refractivity contribution in [3.63, 3.8) is 0 Å². The maximum absolute atomic E-state index is 10.5. The van der Waals surface area contributed by atoms with Gasteiger partial charge in [-0.05, 0) is 13.8 Å². The van der Waals surface area contributed by atoms with Crippen LogP contribution in [-0.4, -0.2) is 25.8 Å². The monoisotopic (exact) mass is 213 g/mol. The molecule has 1 aromatic heterocycles. The highest BCUT2D eigenvalue weighted by atomic mass is 16.6. The Kier molecular flexibility index (Phi) is 3.03. The first kappa shape index (κ1) is 11.2. The van der Waals surface area contributed by atoms with Crippen LogP contribution in [-0.2, 0) is 4.79 Å². The van der Waals surface area contributed by atoms with Gasteiger partial charge in [-0.2, -0.15) is 5.10 Å². The summed E-state index contributed by atoms with van der Waals surface area (Å²) in [7, 11) is 0. The summed E-state index contributed by atoms with van der Waals surface area (Å²) in [5, 5.41) is 23.0. The van der Waals surface area contributed by atoms with Crippen molar-refractivity contribution < 1.29 is 14.8 Å². The average Bonchev–Trinajstić information content (AvgIpc) is 2.46. The van der Waals surface area contributed by atoms with Crippen LogP contribution in [0.4, 0.5) is 5.69 Å². The predicted octanol–water partition coefficient (Wildman–Crippen LogP) is 1.14. The minimum atomic E-state index is -0.960. The van der Waals surface area contributed by atoms with Gasteiger partial charge < -0.3 is 5.11 Å². The van der Waals surface area contributed by atoms with E-state index in [0.717, 1.165) is 0 Å². The smallest absolute Gasteiger partial charge is 0.309 e. The number of aryl methyl sites for hydroxylation is 1. The molecule has 1 atom stereocenters. The molecule has 0 aliphatic rings. The molecule has 15 heavy (non-hydrogen) atoms. The molecule has 1 heterocycles. The van der Waals surface area contributed by atoms with Crippen molar-refractivity contribution in [2.75, 3.05) is 0 Å². The molecular formula is C8H11N3O4. The highest BCUT2D eigenvalue weighted by Crippen LogP contribution is 2.19. The fourth-order valence-electron chi connectivity index (χ4n) is 1.22. The zero-order valence-corrected chi connectivity index (χ0v) is 8.38. The van der Waals surface area contributed by atoms with Crippen LogP contribution >= 0.6 is 0 Å². The van der Waals surface area contributed by atoms with Crippen LogP contribution < -0.4 is 0 Å². The third-order valence-electron chi connectivity index (χ3n) is 2.01. The molecule has 0 fully saturated rings. The van der Waals surface area contributed by atoms with E-state index in [2.05, 4.69) is 5.10 Å². The van der Waals surface area contributed by atoms with Gasteiger partial charge in [-0.1, -0.05) is 0 Å². The maximum atomic E-state index is 10.5. The van der Waals surface area contributed by atoms with E-state index in [4.69, 9.17) is 5.11 Å². The molecule has 0 aromatic carbocycles. The van der Waals surface area contributed by atoms with Gasteiger partial charge in [0.15, 0.2) is 0 Å². The van der Waals surface area contributed by atoms with Gasteiger partial charge in [0, 0.05) is 0 Å². The van der Waals surface area contributed by atoms with Crippen molar-refractivity contribution in [2.45, 2.75) is 26.3 Å². The zero-order valence-electron chi connectivity index (χ0n) is 8.38. The van der Waals surface area contributed by atoms with E-state index in [1.54, 1.807) is 6.92 Å². The second kappa shape index (κ2) is 4.07. The predicted molar refractivity (Wildman–Crippen MR) is 50.6 cm³/mol. The van der Waals surface area contributed by atoms with Crippen LogP contribution in [0.15, 0.2) is 6.20 Å². The molecule has 0 saturated carbocycles. The number of hydrogen-bond acceptors (Lipinski definition) is 4. The quantitative estimate of drug-likeness (QED) is 0.597. The first-order valence-corrected chi connectivity index (χ1v) is 4.33. The van der Waals surface area contributed by atoms with Crippen LogP contribution in [0.2, 0.25) is 0 Å². The van der Waals surface area contributed by atoms with Gasteiger partial charge in [0.25, 0.3) is 0 Å². The van der Waals surface area contributed by atoms with Crippen molar-refractivity contribution in [2.24, 2.45) is 0 Å². The van der Waals surface area contributed by atoms with Crippen LogP contribution in [0, 0.1) is 17.0 Å². The van der Waals surface area contributed by atoms with E-state index < -0.39 is 16.9 Å². The van der Waals surface area contributed by atoms with Gasteiger partial charge in [0.2, 0.25) is 0 Å². The van der Waals surface area contributed by atoms with Crippen molar-refractivity contribution in [1.29, 1.82) is 0 Å². The number of nitro groups is 1. The van der Waals surface area contributed by atoms with Crippen molar-refractivity contribution >= 4 is 11.7 Å². The molecule has 0 unspecified atom stereocenters. The van der Waals surface area contributed by atoms with Gasteiger partial charge in [-0.3, -0.25) is 19.6 Å². The van der Waals surface area contributed by atoms with E-state index >= 15 is 0 Å². The molecule has 1 rings (SSSR count). The molecule has 82 valence electrons. The van der Waals surface area contributed by atoms with Crippen LogP contribution in [0.1, 0.15) is 25.1 Å². The first-order valence-electron chi connectivity index (χ1n) is 4.33. The molecule has 0 aliphatic heterocycles. The minimum absolute atomic E-state index is 0.0905. The van der Waals surface area contributed by atoms with Gasteiger partial charge in [0.05, 0.1) is 17.4 Å². The molecule has 0 saturated heterocycles. The lowest BCUT2D eigenvalue weighted by Gasteiger charge is -2.07. The van der Waals surface area contributed by atoms with Gasteiger partial charge in [-0.15, -0.1) is 0 Å². The summed E-state index contributed by atoms with van der Waals surface area (Å²) in [5.41, 5.74) is 0.199. The Morgan fingerprint density at radius 3 is 2.80 bits per heavy atom. The van der Waals surface area contributed by atoms with Crippen molar-refractivity contribution in [1.82, 2.24) is 9.78 Å². The maximum Gasteiger partial charge on any atom is 0.309 e. The second-order valence-corrected chi connectivity index (χ2v) is 3.28. The number of carboxylic acids is 1. The number of aromatic nitrogens is 2. The topological polar surface area (TPSA) is 98.3 Å². The van der Waals surface area contributed by atoms with Crippen molar-refractivity contribution in [3.8, 4) is 0 Å². The number of carbonyl (C=O) groups is 1. The van der Waals surface area contributed by atoms with E-state index in [1.165, 1.54) is 17.8 Å². The molecule has 7 heteroatoms. The Labute approximate surface area is 85.5 Å². The highest BCUT2D eigenvalue weighted by molar-refractivity contribution is 5.67. The number of rotatable bonds is 4. The lowest BCUT2D eigenvalue weighted by Crippen LogP contribution is -2.10. The Bertz CT molecular complexity index is 399. The molecule has 0 radical (unpaired) electrons. The van der Waals surface area contributed by atoms with Crippen LogP contribution in [0.25, 0.3) is 0 Å². The zero-order chi connectivity index (χ0) is 11.6. The molecular weight excluding hydrogens is 202 g/mol. The summed E-state index contributed by atoms with van der Waals surface area (Å²) in [6.07, 6.45) is 1.14. The Morgan fingerprint density at radius 1 is 1.80 bits per heavy atom. The molecule has 0 amide bonds. The average molecular weight is 213 g/mol. The third kappa shape index (κ3) is 2.52. The summed E-state index contributed by atoms with van der Waals surface area (Å²) in [6, 6.07) is -0.394. The SMILES string of the molecule is Cc1nn([C@@H](C)CC(=O)O)cc1[N+](=O)[O-]. The van der Waals surface area contributed by atoms with Gasteiger partial charge >= 0.3 is 11.7 Å². The normalized spacial score (nSPS) is 12.4.